The van der Waals surface area contributed by atoms with Gasteiger partial charge in [-0.05, 0) is 13.0 Å². The van der Waals surface area contributed by atoms with Crippen molar-refractivity contribution in [2.24, 2.45) is 0 Å². The normalized spacial score (nSPS) is 19.4. The van der Waals surface area contributed by atoms with Crippen LogP contribution in [0.25, 0.3) is 0 Å². The third-order valence-corrected chi connectivity index (χ3v) is 3.46. The van der Waals surface area contributed by atoms with E-state index in [0.717, 1.165) is 13.3 Å². The number of Topliss-reactive ketones (excluding diaryl/α,β-unsaturated/α-hetero) is 1. The SMILES string of the molecule is CCOC(=O)/C(=C/NC1CC1F)C(=O)c1cc(F)c(F)c(OC)c1F. The summed E-state index contributed by atoms with van der Waals surface area (Å²) in [7, 11) is 0.896. The number of ketones is 1. The molecule has 0 aromatic heterocycles. The number of rotatable bonds is 7. The predicted molar refractivity (Wildman–Crippen MR) is 78.4 cm³/mol. The Morgan fingerprint density at radius 1 is 1.32 bits per heavy atom. The first kappa shape index (κ1) is 18.8. The molecule has 0 bridgehead atoms. The summed E-state index contributed by atoms with van der Waals surface area (Å²) in [6.07, 6.45) is -0.0544. The van der Waals surface area contributed by atoms with E-state index in [0.29, 0.717) is 6.07 Å². The average molecular weight is 361 g/mol. The number of halogens is 4. The highest BCUT2D eigenvalue weighted by Gasteiger charge is 2.37. The van der Waals surface area contributed by atoms with Crippen molar-refractivity contribution in [2.45, 2.75) is 25.6 Å². The quantitative estimate of drug-likeness (QED) is 0.154. The Morgan fingerprint density at radius 2 is 1.96 bits per heavy atom. The smallest absolute Gasteiger partial charge is 0.343 e. The Morgan fingerprint density at radius 3 is 2.48 bits per heavy atom. The first-order valence-electron chi connectivity index (χ1n) is 7.35. The van der Waals surface area contributed by atoms with Crippen LogP contribution in [0.5, 0.6) is 5.75 Å². The summed E-state index contributed by atoms with van der Waals surface area (Å²) < 4.78 is 63.3. The summed E-state index contributed by atoms with van der Waals surface area (Å²) in [5, 5.41) is 2.49. The minimum Gasteiger partial charge on any atom is -0.491 e. The van der Waals surface area contributed by atoms with Crippen LogP contribution in [0.1, 0.15) is 23.7 Å². The largest absolute Gasteiger partial charge is 0.491 e. The predicted octanol–water partition coefficient (Wildman–Crippen LogP) is 2.44. The van der Waals surface area contributed by atoms with E-state index in [2.05, 4.69) is 10.1 Å². The Balaban J connectivity index is 2.42. The molecule has 2 unspecified atom stereocenters. The second-order valence-electron chi connectivity index (χ2n) is 5.20. The molecule has 5 nitrogen and oxygen atoms in total. The maximum atomic E-state index is 14.2. The molecule has 0 radical (unpaired) electrons. The Hall–Kier alpha value is -2.58. The Kier molecular flexibility index (Phi) is 5.66. The minimum atomic E-state index is -1.60. The third kappa shape index (κ3) is 3.92. The number of esters is 1. The van der Waals surface area contributed by atoms with Crippen LogP contribution in [0, 0.1) is 17.5 Å². The van der Waals surface area contributed by atoms with Crippen LogP contribution >= 0.6 is 0 Å². The van der Waals surface area contributed by atoms with Gasteiger partial charge in [-0.1, -0.05) is 0 Å². The van der Waals surface area contributed by atoms with Crippen LogP contribution in [-0.2, 0) is 9.53 Å². The monoisotopic (exact) mass is 361 g/mol. The Labute approximate surface area is 140 Å². The fraction of sp³-hybridized carbons (Fsp3) is 0.375. The number of methoxy groups -OCH3 is 1. The molecule has 0 aliphatic heterocycles. The van der Waals surface area contributed by atoms with E-state index in [1.54, 1.807) is 0 Å². The van der Waals surface area contributed by atoms with E-state index in [1.807, 2.05) is 0 Å². The van der Waals surface area contributed by atoms with Gasteiger partial charge in [-0.15, -0.1) is 0 Å². The molecular formula is C16H15F4NO4. The maximum Gasteiger partial charge on any atom is 0.343 e. The minimum absolute atomic E-state index is 0.0812. The molecule has 1 aliphatic carbocycles. The maximum absolute atomic E-state index is 14.2. The number of benzene rings is 1. The zero-order valence-electron chi connectivity index (χ0n) is 13.4. The van der Waals surface area contributed by atoms with Gasteiger partial charge in [0, 0.05) is 12.6 Å². The summed E-state index contributed by atoms with van der Waals surface area (Å²) in [5.41, 5.74) is -1.59. The highest BCUT2D eigenvalue weighted by atomic mass is 19.2. The van der Waals surface area contributed by atoms with Gasteiger partial charge >= 0.3 is 5.97 Å². The Bertz CT molecular complexity index is 735. The zero-order valence-corrected chi connectivity index (χ0v) is 13.4. The molecular weight excluding hydrogens is 346 g/mol. The standard InChI is InChI=1S/C16H15F4NO4/c1-3-25-16(23)8(6-21-11-5-9(11)17)14(22)7-4-10(18)13(20)15(24-2)12(7)19/h4,6,9,11,21H,3,5H2,1-2H3/b8-6+. The van der Waals surface area contributed by atoms with Crippen molar-refractivity contribution in [3.05, 3.63) is 40.9 Å². The molecule has 9 heteroatoms. The molecule has 1 aliphatic rings. The summed E-state index contributed by atoms with van der Waals surface area (Å²) in [5.74, 6) is -8.05. The lowest BCUT2D eigenvalue weighted by Gasteiger charge is -2.11. The molecule has 1 N–H and O–H groups in total. The van der Waals surface area contributed by atoms with Gasteiger partial charge in [0.05, 0.1) is 25.3 Å². The first-order chi connectivity index (χ1) is 11.8. The van der Waals surface area contributed by atoms with E-state index >= 15 is 0 Å². The fourth-order valence-electron chi connectivity index (χ4n) is 2.02. The van der Waals surface area contributed by atoms with Gasteiger partial charge in [-0.2, -0.15) is 4.39 Å². The van der Waals surface area contributed by atoms with Crippen LogP contribution in [0.15, 0.2) is 17.8 Å². The van der Waals surface area contributed by atoms with Gasteiger partial charge < -0.3 is 14.8 Å². The van der Waals surface area contributed by atoms with E-state index < -0.39 is 58.3 Å². The van der Waals surface area contributed by atoms with Crippen LogP contribution in [0.2, 0.25) is 0 Å². The van der Waals surface area contributed by atoms with Crippen LogP contribution in [0.4, 0.5) is 17.6 Å². The molecule has 136 valence electrons. The molecule has 0 amide bonds. The molecule has 25 heavy (non-hydrogen) atoms. The van der Waals surface area contributed by atoms with Gasteiger partial charge in [0.15, 0.2) is 17.4 Å². The summed E-state index contributed by atoms with van der Waals surface area (Å²) in [6, 6.07) is -0.265. The molecule has 1 aromatic rings. The first-order valence-corrected chi connectivity index (χ1v) is 7.35. The van der Waals surface area contributed by atoms with Gasteiger partial charge in [-0.3, -0.25) is 4.79 Å². The van der Waals surface area contributed by atoms with Gasteiger partial charge in [0.25, 0.3) is 0 Å². The van der Waals surface area contributed by atoms with Crippen molar-refractivity contribution in [1.82, 2.24) is 5.32 Å². The van der Waals surface area contributed by atoms with Crippen LogP contribution < -0.4 is 10.1 Å². The van der Waals surface area contributed by atoms with Crippen LogP contribution in [-0.4, -0.2) is 37.7 Å². The number of hydrogen-bond acceptors (Lipinski definition) is 5. The van der Waals surface area contributed by atoms with E-state index in [9.17, 15) is 27.2 Å². The summed E-state index contributed by atoms with van der Waals surface area (Å²) in [4.78, 5) is 24.4. The second kappa shape index (κ2) is 7.54. The molecule has 0 heterocycles. The van der Waals surface area contributed by atoms with Crippen molar-refractivity contribution in [1.29, 1.82) is 0 Å². The third-order valence-electron chi connectivity index (χ3n) is 3.46. The molecule has 0 spiro atoms. The van der Waals surface area contributed by atoms with Gasteiger partial charge in [0.2, 0.25) is 11.6 Å². The second-order valence-corrected chi connectivity index (χ2v) is 5.20. The van der Waals surface area contributed by atoms with E-state index in [1.165, 1.54) is 6.92 Å². The van der Waals surface area contributed by atoms with Gasteiger partial charge in [0.1, 0.15) is 11.7 Å². The number of hydrogen-bond donors (Lipinski definition) is 1. The topological polar surface area (TPSA) is 64.6 Å². The lowest BCUT2D eigenvalue weighted by Crippen LogP contribution is -2.22. The van der Waals surface area contributed by atoms with Gasteiger partial charge in [-0.25, -0.2) is 18.0 Å². The molecule has 1 aromatic carbocycles. The van der Waals surface area contributed by atoms with E-state index in [4.69, 9.17) is 4.74 Å². The number of carbonyl (C=O) groups excluding carboxylic acids is 2. The lowest BCUT2D eigenvalue weighted by molar-refractivity contribution is -0.138. The number of alkyl halides is 1. The van der Waals surface area contributed by atoms with Crippen molar-refractivity contribution < 1.29 is 36.6 Å². The molecule has 2 rings (SSSR count). The average Bonchev–Trinajstić information content (AvgIpc) is 3.27. The summed E-state index contributed by atoms with van der Waals surface area (Å²) >= 11 is 0. The number of carbonyl (C=O) groups is 2. The van der Waals surface area contributed by atoms with Crippen molar-refractivity contribution in [3.63, 3.8) is 0 Å². The fourth-order valence-corrected chi connectivity index (χ4v) is 2.02. The molecule has 1 saturated carbocycles. The highest BCUT2D eigenvalue weighted by molar-refractivity contribution is 6.24. The molecule has 1 fully saturated rings. The number of nitrogens with one attached hydrogen (secondary N) is 1. The highest BCUT2D eigenvalue weighted by Crippen LogP contribution is 2.29. The van der Waals surface area contributed by atoms with E-state index in [-0.39, 0.29) is 13.0 Å². The zero-order chi connectivity index (χ0) is 18.7. The van der Waals surface area contributed by atoms with Crippen molar-refractivity contribution >= 4 is 11.8 Å². The number of ether oxygens (including phenoxy) is 2. The van der Waals surface area contributed by atoms with Crippen molar-refractivity contribution in [2.75, 3.05) is 13.7 Å². The molecule has 0 saturated heterocycles. The summed E-state index contributed by atoms with van der Waals surface area (Å²) in [6.45, 7) is 1.40. The molecule has 2 atom stereocenters. The lowest BCUT2D eigenvalue weighted by atomic mass is 10.0. The van der Waals surface area contributed by atoms with Crippen LogP contribution in [0.3, 0.4) is 0 Å². The van der Waals surface area contributed by atoms with Crippen molar-refractivity contribution in [3.8, 4) is 5.75 Å².